The van der Waals surface area contributed by atoms with Gasteiger partial charge in [-0.05, 0) is 32.1 Å². The van der Waals surface area contributed by atoms with Crippen LogP contribution in [0.25, 0.3) is 0 Å². The third-order valence-corrected chi connectivity index (χ3v) is 3.05. The molecule has 2 heteroatoms. The molecular formula is C11H19NS. The van der Waals surface area contributed by atoms with Crippen molar-refractivity contribution in [2.45, 2.75) is 19.8 Å². The molecule has 0 aromatic heterocycles. The van der Waals surface area contributed by atoms with Crippen molar-refractivity contribution in [2.75, 3.05) is 25.6 Å². The molecule has 0 atom stereocenters. The molecule has 1 nitrogen and oxygen atoms in total. The number of allylic oxidation sites excluding steroid dienone is 4. The van der Waals surface area contributed by atoms with Gasteiger partial charge in [-0.3, -0.25) is 0 Å². The fourth-order valence-corrected chi connectivity index (χ4v) is 1.88. The standard InChI is InChI=1S/C11H19NS/c1-10-4-6-11(7-5-10)12(2)8-9-13-3/h4,6H,5,7-9H2,1-3H3. The van der Waals surface area contributed by atoms with Gasteiger partial charge in [-0.1, -0.05) is 11.6 Å². The van der Waals surface area contributed by atoms with Crippen molar-refractivity contribution < 1.29 is 0 Å². The molecule has 0 amide bonds. The van der Waals surface area contributed by atoms with Crippen LogP contribution in [-0.4, -0.2) is 30.5 Å². The summed E-state index contributed by atoms with van der Waals surface area (Å²) in [5.41, 5.74) is 2.99. The van der Waals surface area contributed by atoms with Crippen LogP contribution in [0.1, 0.15) is 19.8 Å². The SMILES string of the molecule is CSCCN(C)C1=CC=C(C)CC1. The van der Waals surface area contributed by atoms with E-state index in [2.05, 4.69) is 37.3 Å². The van der Waals surface area contributed by atoms with E-state index in [9.17, 15) is 0 Å². The first-order valence-electron chi connectivity index (χ1n) is 4.80. The molecule has 0 N–H and O–H groups in total. The molecule has 0 radical (unpaired) electrons. The van der Waals surface area contributed by atoms with Gasteiger partial charge >= 0.3 is 0 Å². The molecule has 0 aromatic carbocycles. The van der Waals surface area contributed by atoms with Gasteiger partial charge in [0, 0.05) is 25.0 Å². The molecule has 0 aliphatic heterocycles. The highest BCUT2D eigenvalue weighted by Gasteiger charge is 2.06. The summed E-state index contributed by atoms with van der Waals surface area (Å²) in [6.45, 7) is 3.37. The van der Waals surface area contributed by atoms with Crippen molar-refractivity contribution >= 4 is 11.8 Å². The second kappa shape index (κ2) is 5.38. The van der Waals surface area contributed by atoms with Gasteiger partial charge in [0.05, 0.1) is 0 Å². The molecule has 0 heterocycles. The van der Waals surface area contributed by atoms with Crippen LogP contribution in [0.2, 0.25) is 0 Å². The van der Waals surface area contributed by atoms with E-state index in [-0.39, 0.29) is 0 Å². The van der Waals surface area contributed by atoms with Crippen LogP contribution >= 0.6 is 11.8 Å². The van der Waals surface area contributed by atoms with Crippen molar-refractivity contribution in [1.29, 1.82) is 0 Å². The molecule has 0 saturated heterocycles. The third-order valence-electron chi connectivity index (χ3n) is 2.46. The Balaban J connectivity index is 2.43. The third kappa shape index (κ3) is 3.47. The maximum absolute atomic E-state index is 2.37. The number of rotatable bonds is 4. The van der Waals surface area contributed by atoms with E-state index >= 15 is 0 Å². The van der Waals surface area contributed by atoms with Crippen molar-refractivity contribution in [1.82, 2.24) is 4.90 Å². The van der Waals surface area contributed by atoms with Gasteiger partial charge in [-0.25, -0.2) is 0 Å². The molecule has 0 bridgehead atoms. The molecule has 1 aliphatic carbocycles. The molecule has 0 fully saturated rings. The second-order valence-electron chi connectivity index (χ2n) is 3.59. The van der Waals surface area contributed by atoms with E-state index in [0.29, 0.717) is 0 Å². The first-order valence-corrected chi connectivity index (χ1v) is 6.20. The Labute approximate surface area is 85.9 Å². The molecule has 1 rings (SSSR count). The molecule has 0 aromatic rings. The zero-order chi connectivity index (χ0) is 9.68. The van der Waals surface area contributed by atoms with Crippen LogP contribution < -0.4 is 0 Å². The lowest BCUT2D eigenvalue weighted by molar-refractivity contribution is 0.424. The fourth-order valence-electron chi connectivity index (χ4n) is 1.42. The summed E-state index contributed by atoms with van der Waals surface area (Å²) in [6, 6.07) is 0. The highest BCUT2D eigenvalue weighted by molar-refractivity contribution is 7.98. The first-order chi connectivity index (χ1) is 6.24. The van der Waals surface area contributed by atoms with E-state index in [4.69, 9.17) is 0 Å². The molecule has 0 saturated carbocycles. The zero-order valence-corrected chi connectivity index (χ0v) is 9.66. The molecule has 74 valence electrons. The van der Waals surface area contributed by atoms with Crippen LogP contribution in [0.3, 0.4) is 0 Å². The van der Waals surface area contributed by atoms with Crippen molar-refractivity contribution in [2.24, 2.45) is 0 Å². The Hall–Kier alpha value is -0.370. The van der Waals surface area contributed by atoms with Gasteiger partial charge in [-0.15, -0.1) is 0 Å². The Bertz CT molecular complexity index is 218. The Kier molecular flexibility index (Phi) is 4.43. The molecular weight excluding hydrogens is 178 g/mol. The van der Waals surface area contributed by atoms with E-state index in [1.54, 1.807) is 0 Å². The predicted molar refractivity (Wildman–Crippen MR) is 62.1 cm³/mol. The van der Waals surface area contributed by atoms with Gasteiger partial charge < -0.3 is 4.90 Å². The van der Waals surface area contributed by atoms with Crippen LogP contribution in [0.4, 0.5) is 0 Å². The van der Waals surface area contributed by atoms with Gasteiger partial charge in [0.1, 0.15) is 0 Å². The summed E-state index contributed by atoms with van der Waals surface area (Å²) in [6.07, 6.45) is 9.11. The van der Waals surface area contributed by atoms with E-state index in [1.807, 2.05) is 11.8 Å². The Morgan fingerprint density at radius 3 is 2.69 bits per heavy atom. The zero-order valence-electron chi connectivity index (χ0n) is 8.84. The molecule has 1 aliphatic rings. The topological polar surface area (TPSA) is 3.24 Å². The largest absolute Gasteiger partial charge is 0.377 e. The lowest BCUT2D eigenvalue weighted by atomic mass is 10.0. The molecule has 13 heavy (non-hydrogen) atoms. The minimum atomic E-state index is 1.17. The Morgan fingerprint density at radius 2 is 2.15 bits per heavy atom. The van der Waals surface area contributed by atoms with Crippen molar-refractivity contribution in [3.63, 3.8) is 0 Å². The average Bonchev–Trinajstić information content (AvgIpc) is 2.15. The summed E-state index contributed by atoms with van der Waals surface area (Å²) in [7, 11) is 2.19. The summed E-state index contributed by atoms with van der Waals surface area (Å²) >= 11 is 1.91. The van der Waals surface area contributed by atoms with E-state index < -0.39 is 0 Å². The van der Waals surface area contributed by atoms with Gasteiger partial charge in [0.25, 0.3) is 0 Å². The van der Waals surface area contributed by atoms with Gasteiger partial charge in [-0.2, -0.15) is 11.8 Å². The highest BCUT2D eigenvalue weighted by Crippen LogP contribution is 2.19. The lowest BCUT2D eigenvalue weighted by Crippen LogP contribution is -2.21. The first kappa shape index (κ1) is 10.7. The predicted octanol–water partition coefficient (Wildman–Crippen LogP) is 2.91. The quantitative estimate of drug-likeness (QED) is 0.682. The second-order valence-corrected chi connectivity index (χ2v) is 4.57. The van der Waals surface area contributed by atoms with E-state index in [0.717, 1.165) is 0 Å². The van der Waals surface area contributed by atoms with Crippen molar-refractivity contribution in [3.05, 3.63) is 23.4 Å². The van der Waals surface area contributed by atoms with Crippen LogP contribution in [0.15, 0.2) is 23.4 Å². The summed E-state index contributed by atoms with van der Waals surface area (Å²) in [5.74, 6) is 1.22. The Morgan fingerprint density at radius 1 is 1.38 bits per heavy atom. The average molecular weight is 197 g/mol. The smallest absolute Gasteiger partial charge is 0.0262 e. The van der Waals surface area contributed by atoms with Crippen LogP contribution in [-0.2, 0) is 0 Å². The number of thioether (sulfide) groups is 1. The molecule has 0 unspecified atom stereocenters. The number of hydrogen-bond acceptors (Lipinski definition) is 2. The highest BCUT2D eigenvalue weighted by atomic mass is 32.2. The van der Waals surface area contributed by atoms with Crippen molar-refractivity contribution in [3.8, 4) is 0 Å². The van der Waals surface area contributed by atoms with Crippen LogP contribution in [0, 0.1) is 0 Å². The maximum atomic E-state index is 2.37. The van der Waals surface area contributed by atoms with Crippen LogP contribution in [0.5, 0.6) is 0 Å². The van der Waals surface area contributed by atoms with E-state index in [1.165, 1.54) is 36.4 Å². The van der Waals surface area contributed by atoms with Gasteiger partial charge in [0.2, 0.25) is 0 Å². The maximum Gasteiger partial charge on any atom is 0.0262 e. The summed E-state index contributed by atoms with van der Waals surface area (Å²) in [5, 5.41) is 0. The normalized spacial score (nSPS) is 16.5. The summed E-state index contributed by atoms with van der Waals surface area (Å²) in [4.78, 5) is 2.37. The summed E-state index contributed by atoms with van der Waals surface area (Å²) < 4.78 is 0. The van der Waals surface area contributed by atoms with Gasteiger partial charge in [0.15, 0.2) is 0 Å². The lowest BCUT2D eigenvalue weighted by Gasteiger charge is -2.24. The minimum Gasteiger partial charge on any atom is -0.377 e. The fraction of sp³-hybridized carbons (Fsp3) is 0.636. The number of hydrogen-bond donors (Lipinski definition) is 0. The molecule has 0 spiro atoms. The minimum absolute atomic E-state index is 1.17. The monoisotopic (exact) mass is 197 g/mol. The number of nitrogens with zero attached hydrogens (tertiary/aromatic N) is 1.